The van der Waals surface area contributed by atoms with Crippen LogP contribution in [-0.4, -0.2) is 12.6 Å². The van der Waals surface area contributed by atoms with Crippen LogP contribution in [0.25, 0.3) is 0 Å². The highest BCUT2D eigenvalue weighted by atomic mass is 35.5. The van der Waals surface area contributed by atoms with Gasteiger partial charge in [0.25, 0.3) is 0 Å². The molecule has 1 atom stereocenters. The fourth-order valence-electron chi connectivity index (χ4n) is 1.70. The molecule has 1 rings (SSSR count). The summed E-state index contributed by atoms with van der Waals surface area (Å²) in [5.41, 5.74) is 1.000. The van der Waals surface area contributed by atoms with E-state index < -0.39 is 0 Å². The Labute approximate surface area is 114 Å². The lowest BCUT2D eigenvalue weighted by Gasteiger charge is -2.17. The Balaban J connectivity index is 2.80. The Morgan fingerprint density at radius 3 is 2.47 bits per heavy atom. The average molecular weight is 270 g/mol. The topological polar surface area (TPSA) is 12.0 Å². The van der Waals surface area contributed by atoms with Crippen LogP contribution in [0.15, 0.2) is 18.2 Å². The van der Waals surface area contributed by atoms with E-state index in [1.54, 1.807) is 0 Å². The van der Waals surface area contributed by atoms with Crippen molar-refractivity contribution in [2.75, 3.05) is 6.54 Å². The Morgan fingerprint density at radius 2 is 1.94 bits per heavy atom. The first kappa shape index (κ1) is 14.4. The Kier molecular flexibility index (Phi) is 6.44. The molecule has 0 spiro atoms. The molecule has 1 aromatic rings. The second-order valence-electron chi connectivity index (χ2n) is 3.79. The van der Waals surface area contributed by atoms with Crippen LogP contribution in [0.4, 0.5) is 0 Å². The summed E-state index contributed by atoms with van der Waals surface area (Å²) < 4.78 is 0. The van der Waals surface area contributed by atoms with Crippen molar-refractivity contribution in [3.63, 3.8) is 0 Å². The molecule has 0 fully saturated rings. The molecule has 3 heteroatoms. The molecule has 1 unspecified atom stereocenters. The molecule has 0 aromatic heterocycles. The Morgan fingerprint density at radius 1 is 1.29 bits per heavy atom. The first-order valence-electron chi connectivity index (χ1n) is 5.74. The highest BCUT2D eigenvalue weighted by Gasteiger charge is 2.12. The van der Waals surface area contributed by atoms with Gasteiger partial charge < -0.3 is 5.32 Å². The van der Waals surface area contributed by atoms with Gasteiger partial charge in [-0.2, -0.15) is 0 Å². The fourth-order valence-corrected chi connectivity index (χ4v) is 2.26. The van der Waals surface area contributed by atoms with Crippen LogP contribution in [0.3, 0.4) is 0 Å². The van der Waals surface area contributed by atoms with Crippen molar-refractivity contribution in [2.24, 2.45) is 0 Å². The molecule has 0 heterocycles. The number of likely N-dealkylation sites (N-methyl/N-ethyl adjacent to an activating group) is 1. The van der Waals surface area contributed by atoms with E-state index in [-0.39, 0.29) is 0 Å². The normalized spacial score (nSPS) is 11.8. The summed E-state index contributed by atoms with van der Waals surface area (Å²) >= 11 is 12.3. The van der Waals surface area contributed by atoms with Gasteiger partial charge in [-0.15, -0.1) is 11.8 Å². The van der Waals surface area contributed by atoms with Gasteiger partial charge in [0.2, 0.25) is 0 Å². The largest absolute Gasteiger partial charge is 0.313 e. The van der Waals surface area contributed by atoms with Crippen LogP contribution < -0.4 is 5.32 Å². The number of hydrogen-bond acceptors (Lipinski definition) is 1. The molecular weight excluding hydrogens is 253 g/mol. The summed E-state index contributed by atoms with van der Waals surface area (Å²) in [7, 11) is 0. The third-order valence-electron chi connectivity index (χ3n) is 2.53. The summed E-state index contributed by atoms with van der Waals surface area (Å²) in [5, 5.41) is 4.85. The molecule has 92 valence electrons. The number of rotatable bonds is 5. The van der Waals surface area contributed by atoms with Crippen LogP contribution in [0.2, 0.25) is 10.0 Å². The summed E-state index contributed by atoms with van der Waals surface area (Å²) in [6.07, 6.45) is 1.62. The van der Waals surface area contributed by atoms with Gasteiger partial charge in [-0.1, -0.05) is 36.2 Å². The summed E-state index contributed by atoms with van der Waals surface area (Å²) in [6.45, 7) is 4.85. The lowest BCUT2D eigenvalue weighted by molar-refractivity contribution is 0.535. The van der Waals surface area contributed by atoms with Crippen molar-refractivity contribution in [3.8, 4) is 11.8 Å². The molecule has 0 aliphatic carbocycles. The van der Waals surface area contributed by atoms with E-state index in [1.165, 1.54) is 0 Å². The van der Waals surface area contributed by atoms with Gasteiger partial charge in [0.15, 0.2) is 0 Å². The summed E-state index contributed by atoms with van der Waals surface area (Å²) in [4.78, 5) is 0. The molecule has 0 bridgehead atoms. The number of benzene rings is 1. The fraction of sp³-hybridized carbons (Fsp3) is 0.429. The van der Waals surface area contributed by atoms with Gasteiger partial charge in [0.1, 0.15) is 0 Å². The minimum absolute atomic E-state index is 0.296. The molecule has 17 heavy (non-hydrogen) atoms. The lowest BCUT2D eigenvalue weighted by Crippen LogP contribution is -2.30. The van der Waals surface area contributed by atoms with Crippen molar-refractivity contribution in [3.05, 3.63) is 33.8 Å². The first-order valence-corrected chi connectivity index (χ1v) is 6.50. The van der Waals surface area contributed by atoms with E-state index in [4.69, 9.17) is 23.2 Å². The second-order valence-corrected chi connectivity index (χ2v) is 4.60. The smallest absolute Gasteiger partial charge is 0.0453 e. The lowest BCUT2D eigenvalue weighted by atomic mass is 10.0. The van der Waals surface area contributed by atoms with Crippen molar-refractivity contribution < 1.29 is 0 Å². The molecule has 1 aromatic carbocycles. The maximum atomic E-state index is 6.16. The first-order chi connectivity index (χ1) is 8.19. The van der Waals surface area contributed by atoms with E-state index in [0.29, 0.717) is 6.04 Å². The SMILES string of the molecule is CC#CCC(Cc1c(Cl)cccc1Cl)NCC. The summed E-state index contributed by atoms with van der Waals surface area (Å²) in [6, 6.07) is 5.90. The van der Waals surface area contributed by atoms with Crippen LogP contribution in [0.1, 0.15) is 25.8 Å². The quantitative estimate of drug-likeness (QED) is 0.799. The number of nitrogens with one attached hydrogen (secondary N) is 1. The van der Waals surface area contributed by atoms with E-state index in [2.05, 4.69) is 24.1 Å². The monoisotopic (exact) mass is 269 g/mol. The third-order valence-corrected chi connectivity index (χ3v) is 3.24. The highest BCUT2D eigenvalue weighted by molar-refractivity contribution is 6.36. The van der Waals surface area contributed by atoms with Crippen LogP contribution >= 0.6 is 23.2 Å². The van der Waals surface area contributed by atoms with Gasteiger partial charge in [-0.05, 0) is 37.6 Å². The molecule has 0 saturated heterocycles. The zero-order chi connectivity index (χ0) is 12.7. The Hall–Kier alpha value is -0.680. The predicted molar refractivity (Wildman–Crippen MR) is 75.7 cm³/mol. The summed E-state index contributed by atoms with van der Waals surface area (Å²) in [5.74, 6) is 6.01. The van der Waals surface area contributed by atoms with Crippen LogP contribution in [-0.2, 0) is 6.42 Å². The van der Waals surface area contributed by atoms with Crippen molar-refractivity contribution >= 4 is 23.2 Å². The van der Waals surface area contributed by atoms with Gasteiger partial charge in [-0.25, -0.2) is 0 Å². The minimum Gasteiger partial charge on any atom is -0.313 e. The molecule has 1 nitrogen and oxygen atoms in total. The van der Waals surface area contributed by atoms with Crippen molar-refractivity contribution in [2.45, 2.75) is 32.7 Å². The minimum atomic E-state index is 0.296. The molecular formula is C14H17Cl2N. The van der Waals surface area contributed by atoms with E-state index in [0.717, 1.165) is 35.0 Å². The standard InChI is InChI=1S/C14H17Cl2N/c1-3-5-7-11(17-4-2)10-12-13(15)8-6-9-14(12)16/h6,8-9,11,17H,4,7,10H2,1-2H3. The number of halogens is 2. The van der Waals surface area contributed by atoms with Crippen molar-refractivity contribution in [1.82, 2.24) is 5.32 Å². The van der Waals surface area contributed by atoms with Gasteiger partial charge in [-0.3, -0.25) is 0 Å². The zero-order valence-electron chi connectivity index (χ0n) is 10.2. The average Bonchev–Trinajstić information content (AvgIpc) is 2.31. The molecule has 1 N–H and O–H groups in total. The zero-order valence-corrected chi connectivity index (χ0v) is 11.7. The maximum absolute atomic E-state index is 6.16. The third kappa shape index (κ3) is 4.60. The van der Waals surface area contributed by atoms with Gasteiger partial charge in [0.05, 0.1) is 0 Å². The van der Waals surface area contributed by atoms with E-state index in [1.807, 2.05) is 25.1 Å². The highest BCUT2D eigenvalue weighted by Crippen LogP contribution is 2.25. The number of hydrogen-bond donors (Lipinski definition) is 1. The van der Waals surface area contributed by atoms with E-state index in [9.17, 15) is 0 Å². The predicted octanol–water partition coefficient (Wildman–Crippen LogP) is 3.93. The maximum Gasteiger partial charge on any atom is 0.0453 e. The molecule has 0 amide bonds. The second kappa shape index (κ2) is 7.61. The van der Waals surface area contributed by atoms with Crippen LogP contribution in [0.5, 0.6) is 0 Å². The van der Waals surface area contributed by atoms with Gasteiger partial charge in [0, 0.05) is 22.5 Å². The molecule has 0 aliphatic heterocycles. The molecule has 0 aliphatic rings. The molecule has 0 radical (unpaired) electrons. The Bertz CT molecular complexity index is 398. The van der Waals surface area contributed by atoms with E-state index >= 15 is 0 Å². The van der Waals surface area contributed by atoms with Crippen LogP contribution in [0, 0.1) is 11.8 Å². The van der Waals surface area contributed by atoms with Crippen molar-refractivity contribution in [1.29, 1.82) is 0 Å². The van der Waals surface area contributed by atoms with Gasteiger partial charge >= 0.3 is 0 Å². The molecule has 0 saturated carbocycles.